The molecule has 0 bridgehead atoms. The number of aryl methyl sites for hydroxylation is 1. The van der Waals surface area contributed by atoms with Crippen molar-refractivity contribution in [3.8, 4) is 0 Å². The van der Waals surface area contributed by atoms with Gasteiger partial charge in [-0.05, 0) is 18.2 Å². The molecule has 0 aliphatic carbocycles. The van der Waals surface area contributed by atoms with E-state index in [-0.39, 0.29) is 0 Å². The number of nitrogens with zero attached hydrogens (tertiary/aromatic N) is 3. The first kappa shape index (κ1) is 10.6. The lowest BCUT2D eigenvalue weighted by Crippen LogP contribution is -2.01. The molecule has 18 heavy (non-hydrogen) atoms. The zero-order valence-electron chi connectivity index (χ0n) is 9.92. The van der Waals surface area contributed by atoms with E-state index in [1.807, 2.05) is 31.4 Å². The van der Waals surface area contributed by atoms with Gasteiger partial charge in [-0.2, -0.15) is 10.1 Å². The zero-order valence-corrected chi connectivity index (χ0v) is 9.92. The Morgan fingerprint density at radius 3 is 3.00 bits per heavy atom. The smallest absolute Gasteiger partial charge is 0.296 e. The Balaban J connectivity index is 1.81. The first-order valence-corrected chi connectivity index (χ1v) is 5.60. The summed E-state index contributed by atoms with van der Waals surface area (Å²) < 4.78 is 7.29. The molecule has 0 aliphatic heterocycles. The largest absolute Gasteiger partial charge is 0.423 e. The lowest BCUT2D eigenvalue weighted by molar-refractivity contribution is 0.613. The van der Waals surface area contributed by atoms with Crippen LogP contribution in [0.5, 0.6) is 0 Å². The topological polar surface area (TPSA) is 81.9 Å². The number of oxazole rings is 1. The van der Waals surface area contributed by atoms with Gasteiger partial charge in [0.25, 0.3) is 6.01 Å². The van der Waals surface area contributed by atoms with Gasteiger partial charge in [0.05, 0.1) is 17.9 Å². The molecular weight excluding hydrogens is 230 g/mol. The summed E-state index contributed by atoms with van der Waals surface area (Å²) in [5.74, 6) is 0. The third-order valence-electron chi connectivity index (χ3n) is 2.64. The van der Waals surface area contributed by atoms with Crippen molar-refractivity contribution in [2.24, 2.45) is 7.05 Å². The molecule has 0 amide bonds. The maximum Gasteiger partial charge on any atom is 0.296 e. The number of para-hydroxylation sites is 1. The minimum Gasteiger partial charge on any atom is -0.423 e. The molecule has 2 heterocycles. The van der Waals surface area contributed by atoms with Crippen LogP contribution in [-0.4, -0.2) is 14.8 Å². The highest BCUT2D eigenvalue weighted by atomic mass is 16.4. The van der Waals surface area contributed by atoms with Crippen LogP contribution in [0.4, 0.5) is 11.7 Å². The summed E-state index contributed by atoms with van der Waals surface area (Å²) in [6.45, 7) is 0.563. The van der Waals surface area contributed by atoms with Gasteiger partial charge < -0.3 is 15.5 Å². The number of nitrogens with two attached hydrogens (primary N) is 1. The van der Waals surface area contributed by atoms with Crippen molar-refractivity contribution in [2.45, 2.75) is 6.54 Å². The monoisotopic (exact) mass is 243 g/mol. The second kappa shape index (κ2) is 4.06. The Kier molecular flexibility index (Phi) is 2.40. The number of hydrogen-bond acceptors (Lipinski definition) is 5. The molecule has 6 nitrogen and oxygen atoms in total. The molecule has 0 aliphatic rings. The van der Waals surface area contributed by atoms with Crippen LogP contribution in [0.2, 0.25) is 0 Å². The molecular formula is C12H13N5O. The summed E-state index contributed by atoms with van der Waals surface area (Å²) >= 11 is 0. The van der Waals surface area contributed by atoms with E-state index in [9.17, 15) is 0 Å². The fourth-order valence-electron chi connectivity index (χ4n) is 1.77. The van der Waals surface area contributed by atoms with Gasteiger partial charge in [-0.1, -0.05) is 6.07 Å². The third-order valence-corrected chi connectivity index (χ3v) is 2.64. The van der Waals surface area contributed by atoms with Gasteiger partial charge in [0.15, 0.2) is 5.58 Å². The van der Waals surface area contributed by atoms with Crippen LogP contribution in [0.25, 0.3) is 11.1 Å². The lowest BCUT2D eigenvalue weighted by Gasteiger charge is -1.96. The van der Waals surface area contributed by atoms with Crippen molar-refractivity contribution >= 4 is 22.8 Å². The van der Waals surface area contributed by atoms with E-state index in [0.29, 0.717) is 29.3 Å². The van der Waals surface area contributed by atoms with Crippen LogP contribution in [0.3, 0.4) is 0 Å². The highest BCUT2D eigenvalue weighted by molar-refractivity contribution is 5.86. The Labute approximate surface area is 103 Å². The van der Waals surface area contributed by atoms with Crippen molar-refractivity contribution in [3.63, 3.8) is 0 Å². The van der Waals surface area contributed by atoms with E-state index in [0.717, 1.165) is 5.69 Å². The fourth-order valence-corrected chi connectivity index (χ4v) is 1.77. The van der Waals surface area contributed by atoms with E-state index in [4.69, 9.17) is 10.2 Å². The van der Waals surface area contributed by atoms with Crippen LogP contribution in [-0.2, 0) is 13.6 Å². The lowest BCUT2D eigenvalue weighted by atomic mass is 10.3. The van der Waals surface area contributed by atoms with Crippen LogP contribution in [0.1, 0.15) is 5.69 Å². The molecule has 0 saturated carbocycles. The van der Waals surface area contributed by atoms with E-state index in [1.54, 1.807) is 10.7 Å². The molecule has 0 radical (unpaired) electrons. The van der Waals surface area contributed by atoms with Gasteiger partial charge in [0.2, 0.25) is 0 Å². The second-order valence-electron chi connectivity index (χ2n) is 4.05. The Bertz CT molecular complexity index is 685. The first-order valence-electron chi connectivity index (χ1n) is 5.60. The molecule has 0 fully saturated rings. The highest BCUT2D eigenvalue weighted by Crippen LogP contribution is 2.23. The van der Waals surface area contributed by atoms with Crippen LogP contribution >= 0.6 is 0 Å². The molecule has 2 aromatic heterocycles. The van der Waals surface area contributed by atoms with E-state index >= 15 is 0 Å². The van der Waals surface area contributed by atoms with Crippen LogP contribution in [0.15, 0.2) is 34.9 Å². The van der Waals surface area contributed by atoms with Crippen molar-refractivity contribution < 1.29 is 4.42 Å². The Morgan fingerprint density at radius 2 is 2.28 bits per heavy atom. The van der Waals surface area contributed by atoms with Crippen molar-refractivity contribution in [1.82, 2.24) is 14.8 Å². The average molecular weight is 243 g/mol. The molecule has 0 spiro atoms. The predicted octanol–water partition coefficient (Wildman–Crippen LogP) is 1.76. The maximum atomic E-state index is 5.81. The average Bonchev–Trinajstić information content (AvgIpc) is 2.93. The van der Waals surface area contributed by atoms with E-state index < -0.39 is 0 Å². The number of hydrogen-bond donors (Lipinski definition) is 2. The summed E-state index contributed by atoms with van der Waals surface area (Å²) in [6.07, 6.45) is 1.89. The van der Waals surface area contributed by atoms with Gasteiger partial charge >= 0.3 is 0 Å². The van der Waals surface area contributed by atoms with Crippen LogP contribution in [0, 0.1) is 0 Å². The Morgan fingerprint density at radius 1 is 1.39 bits per heavy atom. The molecule has 3 N–H and O–H groups in total. The first-order chi connectivity index (χ1) is 8.72. The van der Waals surface area contributed by atoms with E-state index in [2.05, 4.69) is 15.4 Å². The van der Waals surface area contributed by atoms with Crippen molar-refractivity contribution in [1.29, 1.82) is 0 Å². The molecule has 3 aromatic rings. The normalized spacial score (nSPS) is 10.9. The number of nitrogen functional groups attached to an aromatic ring is 1. The second-order valence-corrected chi connectivity index (χ2v) is 4.05. The third kappa shape index (κ3) is 1.88. The molecule has 1 aromatic carbocycles. The predicted molar refractivity (Wildman–Crippen MR) is 69.0 cm³/mol. The van der Waals surface area contributed by atoms with Gasteiger partial charge in [-0.3, -0.25) is 4.68 Å². The van der Waals surface area contributed by atoms with Gasteiger partial charge in [0, 0.05) is 13.2 Å². The van der Waals surface area contributed by atoms with Gasteiger partial charge in [0.1, 0.15) is 5.52 Å². The number of benzene rings is 1. The number of nitrogens with one attached hydrogen (secondary N) is 1. The summed E-state index contributed by atoms with van der Waals surface area (Å²) in [7, 11) is 1.88. The minimum atomic E-state index is 0.452. The van der Waals surface area contributed by atoms with Crippen LogP contribution < -0.4 is 11.1 Å². The number of fused-ring (bicyclic) bond motifs is 1. The highest BCUT2D eigenvalue weighted by Gasteiger charge is 2.07. The summed E-state index contributed by atoms with van der Waals surface area (Å²) in [6, 6.07) is 7.86. The molecule has 6 heteroatoms. The Hall–Kier alpha value is -2.50. The number of rotatable bonds is 3. The summed E-state index contributed by atoms with van der Waals surface area (Å²) in [5, 5.41) is 7.34. The standard InChI is InChI=1S/C12H13N5O/c1-17-6-5-8(16-17)7-14-12-15-11-9(13)3-2-4-10(11)18-12/h2-6H,7,13H2,1H3,(H,14,15). The van der Waals surface area contributed by atoms with Crippen molar-refractivity contribution in [2.75, 3.05) is 11.1 Å². The van der Waals surface area contributed by atoms with E-state index in [1.165, 1.54) is 0 Å². The summed E-state index contributed by atoms with van der Waals surface area (Å²) in [5.41, 5.74) is 8.71. The SMILES string of the molecule is Cn1ccc(CNc2nc3c(N)cccc3o2)n1. The molecule has 0 saturated heterocycles. The number of anilines is 2. The zero-order chi connectivity index (χ0) is 12.5. The fraction of sp³-hybridized carbons (Fsp3) is 0.167. The molecule has 0 unspecified atom stereocenters. The van der Waals surface area contributed by atoms with Crippen molar-refractivity contribution in [3.05, 3.63) is 36.2 Å². The molecule has 0 atom stereocenters. The molecule has 92 valence electrons. The summed E-state index contributed by atoms with van der Waals surface area (Å²) in [4.78, 5) is 4.30. The minimum absolute atomic E-state index is 0.452. The number of aromatic nitrogens is 3. The maximum absolute atomic E-state index is 5.81. The molecule has 3 rings (SSSR count). The quantitative estimate of drug-likeness (QED) is 0.685. The van der Waals surface area contributed by atoms with Gasteiger partial charge in [-0.25, -0.2) is 0 Å². The van der Waals surface area contributed by atoms with Gasteiger partial charge in [-0.15, -0.1) is 0 Å².